The number of amides is 2. The second kappa shape index (κ2) is 12.6. The predicted molar refractivity (Wildman–Crippen MR) is 154 cm³/mol. The highest BCUT2D eigenvalue weighted by atomic mass is 79.9. The number of hydrogen-bond acceptors (Lipinski definition) is 5. The molecule has 218 valence electrons. The normalized spacial score (nSPS) is 12.0. The van der Waals surface area contributed by atoms with Crippen molar-refractivity contribution < 1.29 is 27.7 Å². The highest BCUT2D eigenvalue weighted by Gasteiger charge is 2.33. The summed E-state index contributed by atoms with van der Waals surface area (Å²) in [6.45, 7) is 3.66. The molecule has 42 heavy (non-hydrogen) atoms. The Morgan fingerprint density at radius 1 is 1.10 bits per heavy atom. The van der Waals surface area contributed by atoms with Crippen molar-refractivity contribution in [2.24, 2.45) is 0 Å². The third kappa shape index (κ3) is 6.85. The highest BCUT2D eigenvalue weighted by Crippen LogP contribution is 2.30. The fraction of sp³-hybridized carbons (Fsp3) is 0.207. The zero-order valence-corrected chi connectivity index (χ0v) is 24.0. The van der Waals surface area contributed by atoms with E-state index < -0.39 is 34.5 Å². The largest absolute Gasteiger partial charge is 0.416 e. The SMILES string of the molecule is CCN(C(=O)[C@H](Cc1cccc([N+](=O)[O-])c1)NC(=O)c1cccc(C(F)(F)F)c1)c1c(C)cnn1-c1cccc(Br)c1. The molecule has 0 fully saturated rings. The number of carbonyl (C=O) groups is 2. The van der Waals surface area contributed by atoms with Crippen LogP contribution in [0.3, 0.4) is 0 Å². The Kier molecular flexibility index (Phi) is 9.10. The summed E-state index contributed by atoms with van der Waals surface area (Å²) in [6.07, 6.45) is -3.25. The van der Waals surface area contributed by atoms with Gasteiger partial charge in [0.25, 0.3) is 17.5 Å². The lowest BCUT2D eigenvalue weighted by Gasteiger charge is -2.28. The summed E-state index contributed by atoms with van der Waals surface area (Å²) in [5.41, 5.74) is 0.171. The molecule has 0 aliphatic heterocycles. The summed E-state index contributed by atoms with van der Waals surface area (Å²) >= 11 is 3.43. The van der Waals surface area contributed by atoms with Gasteiger partial charge in [0.1, 0.15) is 11.9 Å². The van der Waals surface area contributed by atoms with E-state index in [1.807, 2.05) is 12.1 Å². The molecular formula is C29H25BrF3N5O4. The van der Waals surface area contributed by atoms with Gasteiger partial charge in [-0.3, -0.25) is 24.6 Å². The quantitative estimate of drug-likeness (QED) is 0.171. The zero-order valence-electron chi connectivity index (χ0n) is 22.4. The molecule has 0 spiro atoms. The number of nitro groups is 1. The summed E-state index contributed by atoms with van der Waals surface area (Å²) in [5, 5.41) is 18.3. The van der Waals surface area contributed by atoms with Gasteiger partial charge in [0.2, 0.25) is 0 Å². The lowest BCUT2D eigenvalue weighted by Crippen LogP contribution is -2.50. The van der Waals surface area contributed by atoms with Crippen molar-refractivity contribution in [3.05, 3.63) is 116 Å². The minimum atomic E-state index is -4.67. The number of likely N-dealkylation sites (N-methyl/N-ethyl adjacent to an activating group) is 1. The first-order valence-corrected chi connectivity index (χ1v) is 13.5. The second-order valence-corrected chi connectivity index (χ2v) is 10.3. The van der Waals surface area contributed by atoms with E-state index in [9.17, 15) is 32.9 Å². The van der Waals surface area contributed by atoms with E-state index >= 15 is 0 Å². The van der Waals surface area contributed by atoms with Crippen LogP contribution in [0.5, 0.6) is 0 Å². The van der Waals surface area contributed by atoms with Gasteiger partial charge in [-0.25, -0.2) is 4.68 Å². The first kappa shape index (κ1) is 30.4. The minimum Gasteiger partial charge on any atom is -0.340 e. The van der Waals surface area contributed by atoms with Gasteiger partial charge in [0.15, 0.2) is 0 Å². The molecule has 3 aromatic carbocycles. The maximum atomic E-state index is 14.1. The summed E-state index contributed by atoms with van der Waals surface area (Å²) in [6, 6.07) is 15.4. The first-order valence-electron chi connectivity index (χ1n) is 12.7. The number of rotatable bonds is 9. The Morgan fingerprint density at radius 2 is 1.81 bits per heavy atom. The molecule has 13 heteroatoms. The van der Waals surface area contributed by atoms with E-state index in [1.54, 1.807) is 42.9 Å². The third-order valence-electron chi connectivity index (χ3n) is 6.43. The number of nitrogens with zero attached hydrogens (tertiary/aromatic N) is 4. The van der Waals surface area contributed by atoms with E-state index in [4.69, 9.17) is 0 Å². The van der Waals surface area contributed by atoms with Gasteiger partial charge in [0.05, 0.1) is 22.4 Å². The smallest absolute Gasteiger partial charge is 0.340 e. The van der Waals surface area contributed by atoms with E-state index in [0.717, 1.165) is 16.6 Å². The summed E-state index contributed by atoms with van der Waals surface area (Å²) < 4.78 is 42.3. The molecule has 1 aromatic heterocycles. The molecule has 0 saturated heterocycles. The van der Waals surface area contributed by atoms with Gasteiger partial charge in [-0.1, -0.05) is 40.2 Å². The van der Waals surface area contributed by atoms with Crippen LogP contribution in [0.4, 0.5) is 24.7 Å². The molecule has 0 bridgehead atoms. The average Bonchev–Trinajstić information content (AvgIpc) is 3.33. The molecule has 4 aromatic rings. The molecule has 4 rings (SSSR count). The van der Waals surface area contributed by atoms with Crippen LogP contribution in [0.1, 0.15) is 34.0 Å². The fourth-order valence-electron chi connectivity index (χ4n) is 4.46. The van der Waals surface area contributed by atoms with Gasteiger partial charge in [-0.2, -0.15) is 18.3 Å². The van der Waals surface area contributed by atoms with Crippen molar-refractivity contribution in [3.8, 4) is 5.69 Å². The van der Waals surface area contributed by atoms with Crippen LogP contribution in [-0.4, -0.2) is 39.1 Å². The first-order chi connectivity index (χ1) is 19.9. The van der Waals surface area contributed by atoms with Crippen molar-refractivity contribution in [3.63, 3.8) is 0 Å². The van der Waals surface area contributed by atoms with Gasteiger partial charge in [0, 0.05) is 40.7 Å². The molecule has 2 amide bonds. The Hall–Kier alpha value is -4.52. The van der Waals surface area contributed by atoms with Crippen molar-refractivity contribution in [2.75, 3.05) is 11.4 Å². The van der Waals surface area contributed by atoms with E-state index in [0.29, 0.717) is 28.7 Å². The van der Waals surface area contributed by atoms with Crippen LogP contribution in [0.25, 0.3) is 5.69 Å². The molecule has 0 aliphatic rings. The Balaban J connectivity index is 1.74. The number of non-ortho nitro benzene ring substituents is 1. The number of alkyl halides is 3. The number of aryl methyl sites for hydroxylation is 1. The molecule has 0 saturated carbocycles. The Bertz CT molecular complexity index is 1640. The molecule has 1 heterocycles. The second-order valence-electron chi connectivity index (χ2n) is 9.36. The number of benzene rings is 3. The van der Waals surface area contributed by atoms with E-state index in [2.05, 4.69) is 26.3 Å². The number of carbonyl (C=O) groups excluding carboxylic acids is 2. The number of nitrogens with one attached hydrogen (secondary N) is 1. The summed E-state index contributed by atoms with van der Waals surface area (Å²) in [4.78, 5) is 39.5. The molecular weight excluding hydrogens is 619 g/mol. The number of halogens is 4. The standard InChI is InChI=1S/C29H25BrF3N5O4/c1-3-36(27-18(2)17-34-37(27)23-11-6-10-22(30)16-23)28(40)25(14-19-7-4-12-24(13-19)38(41)42)35-26(39)20-8-5-9-21(15-20)29(31,32)33/h4-13,15-17,25H,3,14H2,1-2H3,(H,35,39)/t25-/m0/s1. The van der Waals surface area contributed by atoms with Crippen LogP contribution >= 0.6 is 15.9 Å². The zero-order chi connectivity index (χ0) is 30.6. The third-order valence-corrected chi connectivity index (χ3v) is 6.92. The van der Waals surface area contributed by atoms with Gasteiger partial charge in [-0.05, 0) is 55.8 Å². The lowest BCUT2D eigenvalue weighted by atomic mass is 10.0. The van der Waals surface area contributed by atoms with Crippen LogP contribution in [0, 0.1) is 17.0 Å². The average molecular weight is 644 g/mol. The van der Waals surface area contributed by atoms with Crippen molar-refractivity contribution >= 4 is 39.2 Å². The number of hydrogen-bond donors (Lipinski definition) is 1. The minimum absolute atomic E-state index is 0.157. The topological polar surface area (TPSA) is 110 Å². The van der Waals surface area contributed by atoms with Crippen molar-refractivity contribution in [2.45, 2.75) is 32.5 Å². The van der Waals surface area contributed by atoms with E-state index in [-0.39, 0.29) is 24.2 Å². The lowest BCUT2D eigenvalue weighted by molar-refractivity contribution is -0.384. The maximum Gasteiger partial charge on any atom is 0.416 e. The molecule has 9 nitrogen and oxygen atoms in total. The van der Waals surface area contributed by atoms with Crippen LogP contribution in [0.2, 0.25) is 0 Å². The molecule has 0 aliphatic carbocycles. The molecule has 1 atom stereocenters. The molecule has 1 N–H and O–H groups in total. The van der Waals surface area contributed by atoms with Gasteiger partial charge >= 0.3 is 6.18 Å². The monoisotopic (exact) mass is 643 g/mol. The Morgan fingerprint density at radius 3 is 2.48 bits per heavy atom. The molecule has 0 unspecified atom stereocenters. The predicted octanol–water partition coefficient (Wildman–Crippen LogP) is 6.26. The Labute approximate surface area is 247 Å². The summed E-state index contributed by atoms with van der Waals surface area (Å²) in [5.74, 6) is -1.06. The highest BCUT2D eigenvalue weighted by molar-refractivity contribution is 9.10. The number of anilines is 1. The molecule has 0 radical (unpaired) electrons. The fourth-order valence-corrected chi connectivity index (χ4v) is 4.84. The van der Waals surface area contributed by atoms with Crippen LogP contribution in [0.15, 0.2) is 83.5 Å². The number of nitro benzene ring substituents is 1. The summed E-state index contributed by atoms with van der Waals surface area (Å²) in [7, 11) is 0. The number of aromatic nitrogens is 2. The van der Waals surface area contributed by atoms with Crippen LogP contribution < -0.4 is 10.2 Å². The van der Waals surface area contributed by atoms with Crippen LogP contribution in [-0.2, 0) is 17.4 Å². The maximum absolute atomic E-state index is 14.1. The van der Waals surface area contributed by atoms with Gasteiger partial charge in [-0.15, -0.1) is 0 Å². The van der Waals surface area contributed by atoms with E-state index in [1.165, 1.54) is 29.2 Å². The van der Waals surface area contributed by atoms with Crippen molar-refractivity contribution in [1.82, 2.24) is 15.1 Å². The van der Waals surface area contributed by atoms with Crippen molar-refractivity contribution in [1.29, 1.82) is 0 Å². The van der Waals surface area contributed by atoms with Gasteiger partial charge < -0.3 is 5.32 Å².